The number of nitrogens with one attached hydrogen (secondary N) is 2. The number of aromatic hydroxyl groups is 2. The fraction of sp³-hybridized carbons (Fsp3) is 0.136. The summed E-state index contributed by atoms with van der Waals surface area (Å²) in [6.07, 6.45) is 0. The zero-order chi connectivity index (χ0) is 58.6. The lowest BCUT2D eigenvalue weighted by molar-refractivity contribution is 0.340. The number of phenolic OH excluding ortho intramolecular Hbond substituents is 2. The Morgan fingerprint density at radius 3 is 1.16 bits per heavy atom. The predicted molar refractivity (Wildman–Crippen MR) is 286 cm³/mol. The highest BCUT2D eigenvalue weighted by Crippen LogP contribution is 2.49. The van der Waals surface area contributed by atoms with Crippen LogP contribution < -0.4 is 20.7 Å². The van der Waals surface area contributed by atoms with Crippen LogP contribution in [0, 0.1) is 13.8 Å². The zero-order valence-electron chi connectivity index (χ0n) is 40.6. The van der Waals surface area contributed by atoms with Crippen LogP contribution >= 0.6 is 46.4 Å². The maximum Gasteiger partial charge on any atom is 0.296 e. The normalized spacial score (nSPS) is 13.2. The number of ether oxygens (including phenoxy) is 2. The minimum atomic E-state index is -5.30. The molecule has 0 aliphatic carbocycles. The number of fused-ring (bicyclic) bond motifs is 2. The molecule has 2 heterocycles. The van der Waals surface area contributed by atoms with Crippen LogP contribution in [0.3, 0.4) is 0 Å². The summed E-state index contributed by atoms with van der Waals surface area (Å²) in [5, 5.41) is 37.0. The predicted octanol–water partition coefficient (Wildman–Crippen LogP) is 9.62. The fourth-order valence-corrected chi connectivity index (χ4v) is 10.9. The number of aromatic amines is 2. The molecule has 2 aromatic heterocycles. The quantitative estimate of drug-likeness (QED) is 0.0349. The molecule has 28 nitrogen and oxygen atoms in total. The summed E-state index contributed by atoms with van der Waals surface area (Å²) in [5.74, 6) is -1.92. The molecule has 0 aliphatic heterocycles. The lowest BCUT2D eigenvalue weighted by Gasteiger charge is -2.17. The van der Waals surface area contributed by atoms with E-state index in [1.807, 2.05) is 0 Å². The first-order valence-electron chi connectivity index (χ1n) is 22.0. The van der Waals surface area contributed by atoms with Gasteiger partial charge in [-0.3, -0.25) is 28.2 Å². The number of azo groups is 2. The van der Waals surface area contributed by atoms with Crippen LogP contribution in [0.5, 0.6) is 23.0 Å². The standard InChI is InChI=1S/C44H34Cl4N12O16S4/c1-5-75-29-15-23(17(3)7-25(29)57-59-35-31(79(69,70)71)11-19-9-21(77(63,64)65)13-27(33(19)37(35)61)49-43-53-39(45)51-40(46)54-43)24-16-30(76-6-2)26(8-18(24)4)58-60-36-32(80(72,73)74)12-20-10-22(78(66,67)68)14-28(34(20)38(36)62)50-44-55-41(47)52-42(48)56-44/h7-16,61-62H,5-6H2,1-4H3,(H,63,64,65)(H,66,67,68)(H,69,70,71)(H,72,73,74)(H,49,51,53,54)(H,50,52,55,56). The summed E-state index contributed by atoms with van der Waals surface area (Å²) < 4.78 is 153. The van der Waals surface area contributed by atoms with Crippen molar-refractivity contribution in [3.63, 3.8) is 0 Å². The first kappa shape index (κ1) is 58.8. The zero-order valence-corrected chi connectivity index (χ0v) is 46.9. The third kappa shape index (κ3) is 12.6. The molecule has 80 heavy (non-hydrogen) atoms. The van der Waals surface area contributed by atoms with Crippen LogP contribution in [0.2, 0.25) is 21.1 Å². The van der Waals surface area contributed by atoms with E-state index < -0.39 is 105 Å². The molecule has 0 saturated heterocycles. The number of hydrogen-bond acceptors (Lipinski definition) is 22. The van der Waals surface area contributed by atoms with Gasteiger partial charge in [-0.2, -0.15) is 53.6 Å². The van der Waals surface area contributed by atoms with Crippen LogP contribution in [0.1, 0.15) is 25.0 Å². The molecule has 0 spiro atoms. The van der Waals surface area contributed by atoms with Gasteiger partial charge >= 0.3 is 0 Å². The fourth-order valence-electron chi connectivity index (χ4n) is 7.79. The number of H-pyrrole nitrogens is 2. The van der Waals surface area contributed by atoms with Crippen molar-refractivity contribution >= 4 is 143 Å². The summed E-state index contributed by atoms with van der Waals surface area (Å²) in [6.45, 7) is 6.66. The summed E-state index contributed by atoms with van der Waals surface area (Å²) in [4.78, 5) is 24.5. The molecule has 0 unspecified atom stereocenters. The molecule has 0 aliphatic rings. The van der Waals surface area contributed by atoms with Crippen molar-refractivity contribution in [2.75, 3.05) is 13.2 Å². The van der Waals surface area contributed by atoms with Gasteiger partial charge in [-0.15, -0.1) is 20.5 Å². The van der Waals surface area contributed by atoms with Crippen LogP contribution in [0.25, 0.3) is 32.7 Å². The Kier molecular flexibility index (Phi) is 16.4. The van der Waals surface area contributed by atoms with Crippen molar-refractivity contribution in [1.29, 1.82) is 0 Å². The van der Waals surface area contributed by atoms with Crippen LogP contribution in [-0.2, 0) is 40.5 Å². The van der Waals surface area contributed by atoms with Gasteiger partial charge in [0.15, 0.2) is 11.5 Å². The van der Waals surface area contributed by atoms with Crippen molar-refractivity contribution in [3.8, 4) is 34.1 Å². The molecule has 0 fully saturated rings. The third-order valence-electron chi connectivity index (χ3n) is 11.0. The number of hydrogen-bond donors (Lipinski definition) is 8. The Labute approximate surface area is 470 Å². The van der Waals surface area contributed by atoms with Gasteiger partial charge in [0.25, 0.3) is 40.5 Å². The third-order valence-corrected chi connectivity index (χ3v) is 15.1. The first-order chi connectivity index (χ1) is 37.3. The average Bonchev–Trinajstić information content (AvgIpc) is 3.55. The smallest absolute Gasteiger partial charge is 0.296 e. The molecule has 0 saturated carbocycles. The van der Waals surface area contributed by atoms with Gasteiger partial charge in [-0.1, -0.05) is 0 Å². The van der Waals surface area contributed by atoms with E-state index in [1.165, 1.54) is 12.1 Å². The second-order valence-electron chi connectivity index (χ2n) is 16.3. The van der Waals surface area contributed by atoms with E-state index in [0.29, 0.717) is 22.3 Å². The highest BCUT2D eigenvalue weighted by Gasteiger charge is 2.28. The largest absolute Gasteiger partial charge is 0.505 e. The van der Waals surface area contributed by atoms with E-state index in [-0.39, 0.29) is 79.4 Å². The van der Waals surface area contributed by atoms with Gasteiger partial charge < -0.3 is 19.7 Å². The number of rotatable bonds is 15. The Hall–Kier alpha value is -7.34. The van der Waals surface area contributed by atoms with Gasteiger partial charge in [-0.05, 0) is 168 Å². The molecule has 0 atom stereocenters. The van der Waals surface area contributed by atoms with Crippen molar-refractivity contribution in [2.24, 2.45) is 30.4 Å². The highest BCUT2D eigenvalue weighted by molar-refractivity contribution is 7.86. The summed E-state index contributed by atoms with van der Waals surface area (Å²) in [6, 6.07) is 10.7. The summed E-state index contributed by atoms with van der Waals surface area (Å²) in [7, 11) is -20.6. The number of halogens is 4. The SMILES string of the molecule is CCOc1cc(-c2cc(OCC)c(N=Nc3c(S(=O)(=O)O)cc4cc(S(=O)(=O)O)cc(N=c5nc(Cl)nc(Cl)[nH]5)c4c3O)cc2C)c(C)cc1N=Nc1c(S(=O)(=O)O)cc2cc(S(=O)(=O)O)cc(N=c3nc(Cl)nc(Cl)[nH]3)c2c1O. The lowest BCUT2D eigenvalue weighted by atomic mass is 9.95. The Balaban J connectivity index is 1.26. The number of benzene rings is 6. The van der Waals surface area contributed by atoms with Crippen molar-refractivity contribution in [1.82, 2.24) is 29.9 Å². The minimum absolute atomic E-state index is 0.0340. The molecule has 418 valence electrons. The molecule has 0 bridgehead atoms. The summed E-state index contributed by atoms with van der Waals surface area (Å²) >= 11 is 23.8. The minimum Gasteiger partial charge on any atom is -0.505 e. The van der Waals surface area contributed by atoms with E-state index in [2.05, 4.69) is 60.3 Å². The molecular weight excluding hydrogens is 1220 g/mol. The Bertz CT molecular complexity index is 4310. The highest BCUT2D eigenvalue weighted by atomic mass is 35.5. The van der Waals surface area contributed by atoms with Crippen molar-refractivity contribution < 1.29 is 71.6 Å². The number of phenols is 2. The van der Waals surface area contributed by atoms with E-state index >= 15 is 0 Å². The molecule has 36 heteroatoms. The number of aryl methyl sites for hydroxylation is 2. The van der Waals surface area contributed by atoms with Gasteiger partial charge in [0.2, 0.25) is 32.4 Å². The monoisotopic (exact) mass is 1250 g/mol. The Morgan fingerprint density at radius 2 is 0.850 bits per heavy atom. The maximum atomic E-state index is 12.9. The van der Waals surface area contributed by atoms with Crippen LogP contribution in [0.15, 0.2) is 111 Å². The summed E-state index contributed by atoms with van der Waals surface area (Å²) in [5.41, 5.74) is -1.59. The molecule has 8 rings (SSSR count). The molecule has 0 amide bonds. The second kappa shape index (κ2) is 22.3. The van der Waals surface area contributed by atoms with Crippen LogP contribution in [-0.4, -0.2) is 105 Å². The topological polar surface area (TPSA) is 434 Å². The van der Waals surface area contributed by atoms with E-state index in [1.54, 1.807) is 39.8 Å². The van der Waals surface area contributed by atoms with Gasteiger partial charge in [0.1, 0.15) is 44.0 Å². The first-order valence-corrected chi connectivity index (χ1v) is 29.3. The molecule has 0 radical (unpaired) electrons. The lowest BCUT2D eigenvalue weighted by Crippen LogP contribution is -2.13. The van der Waals surface area contributed by atoms with E-state index in [4.69, 9.17) is 55.9 Å². The second-order valence-corrected chi connectivity index (χ2v) is 23.4. The molecule has 8 aromatic rings. The number of nitrogens with zero attached hydrogens (tertiary/aromatic N) is 10. The molecule has 6 aromatic carbocycles. The van der Waals surface area contributed by atoms with Crippen molar-refractivity contribution in [2.45, 2.75) is 47.3 Å². The van der Waals surface area contributed by atoms with Gasteiger partial charge in [0.05, 0.1) is 45.2 Å². The van der Waals surface area contributed by atoms with E-state index in [9.17, 15) is 62.1 Å². The molecule has 8 N–H and O–H groups in total. The number of aromatic nitrogens is 6. The van der Waals surface area contributed by atoms with Crippen molar-refractivity contribution in [3.05, 3.63) is 104 Å². The van der Waals surface area contributed by atoms with E-state index in [0.717, 1.165) is 36.4 Å². The van der Waals surface area contributed by atoms with Gasteiger partial charge in [-0.25, -0.2) is 9.98 Å². The average molecular weight is 1260 g/mol. The van der Waals surface area contributed by atoms with Gasteiger partial charge in [0, 0.05) is 0 Å². The Morgan fingerprint density at radius 1 is 0.487 bits per heavy atom. The van der Waals surface area contributed by atoms with Crippen LogP contribution in [0.4, 0.5) is 34.1 Å². The molecular formula is C44H34Cl4N12O16S4. The maximum absolute atomic E-state index is 12.9.